The van der Waals surface area contributed by atoms with Gasteiger partial charge in [0.15, 0.2) is 0 Å². The predicted octanol–water partition coefficient (Wildman–Crippen LogP) is -0.242. The van der Waals surface area contributed by atoms with Gasteiger partial charge >= 0.3 is 0 Å². The molecule has 0 aliphatic heterocycles. The minimum absolute atomic E-state index is 0.164. The Hall–Kier alpha value is -1.93. The van der Waals surface area contributed by atoms with Gasteiger partial charge in [-0.25, -0.2) is 22.8 Å². The number of rotatable bonds is 3. The van der Waals surface area contributed by atoms with E-state index in [0.29, 0.717) is 5.69 Å². The molecule has 0 atom stereocenters. The average Bonchev–Trinajstić information content (AvgIpc) is 2.76. The highest BCUT2D eigenvalue weighted by atomic mass is 32.2. The molecule has 0 bridgehead atoms. The molecule has 0 radical (unpaired) electrons. The summed E-state index contributed by atoms with van der Waals surface area (Å²) in [7, 11) is -2.05. The Labute approximate surface area is 98.3 Å². The van der Waals surface area contributed by atoms with Crippen LogP contribution in [-0.2, 0) is 10.0 Å². The molecule has 1 aromatic carbocycles. The van der Waals surface area contributed by atoms with Crippen LogP contribution >= 0.6 is 0 Å². The van der Waals surface area contributed by atoms with Gasteiger partial charge in [0, 0.05) is 0 Å². The van der Waals surface area contributed by atoms with Crippen molar-refractivity contribution in [1.82, 2.24) is 19.5 Å². The molecule has 90 valence electrons. The van der Waals surface area contributed by atoms with Crippen molar-refractivity contribution in [2.24, 2.45) is 0 Å². The molecule has 0 aliphatic carbocycles. The van der Waals surface area contributed by atoms with Gasteiger partial charge in [-0.3, -0.25) is 0 Å². The molecule has 0 saturated heterocycles. The van der Waals surface area contributed by atoms with Crippen molar-refractivity contribution in [3.63, 3.8) is 0 Å². The summed E-state index contributed by atoms with van der Waals surface area (Å²) in [5, 5.41) is 3.91. The molecule has 0 fully saturated rings. The quantitative estimate of drug-likeness (QED) is 0.785. The van der Waals surface area contributed by atoms with Crippen molar-refractivity contribution in [1.29, 1.82) is 0 Å². The monoisotopic (exact) mass is 253 g/mol. The van der Waals surface area contributed by atoms with E-state index in [4.69, 9.17) is 5.73 Å². The molecule has 7 nitrogen and oxygen atoms in total. The number of hydrogen-bond donors (Lipinski definition) is 2. The Balaban J connectivity index is 2.37. The lowest BCUT2D eigenvalue weighted by Crippen LogP contribution is -2.18. The third kappa shape index (κ3) is 2.27. The van der Waals surface area contributed by atoms with Crippen LogP contribution in [0.5, 0.6) is 0 Å². The third-order valence-corrected chi connectivity index (χ3v) is 3.62. The molecule has 17 heavy (non-hydrogen) atoms. The van der Waals surface area contributed by atoms with E-state index in [9.17, 15) is 8.42 Å². The predicted molar refractivity (Wildman–Crippen MR) is 62.0 cm³/mol. The number of anilines is 1. The first kappa shape index (κ1) is 11.6. The number of benzene rings is 1. The van der Waals surface area contributed by atoms with Gasteiger partial charge < -0.3 is 5.73 Å². The lowest BCUT2D eigenvalue weighted by atomic mass is 10.3. The molecule has 0 saturated carbocycles. The van der Waals surface area contributed by atoms with Crippen molar-refractivity contribution < 1.29 is 8.42 Å². The second-order valence-corrected chi connectivity index (χ2v) is 5.14. The molecule has 2 rings (SSSR count). The van der Waals surface area contributed by atoms with E-state index in [0.717, 1.165) is 0 Å². The Morgan fingerprint density at radius 1 is 1.29 bits per heavy atom. The maximum absolute atomic E-state index is 11.5. The summed E-state index contributed by atoms with van der Waals surface area (Å²) in [6, 6.07) is 6.22. The van der Waals surface area contributed by atoms with E-state index in [1.165, 1.54) is 30.2 Å². The highest BCUT2D eigenvalue weighted by Gasteiger charge is 2.10. The van der Waals surface area contributed by atoms with Gasteiger partial charge in [0.1, 0.15) is 6.33 Å². The van der Waals surface area contributed by atoms with Gasteiger partial charge in [-0.1, -0.05) is 0 Å². The first-order valence-electron chi connectivity index (χ1n) is 4.74. The lowest BCUT2D eigenvalue weighted by molar-refractivity contribution is 0.588. The number of nitrogens with two attached hydrogens (primary N) is 1. The van der Waals surface area contributed by atoms with Crippen molar-refractivity contribution in [2.45, 2.75) is 4.90 Å². The average molecular weight is 253 g/mol. The lowest BCUT2D eigenvalue weighted by Gasteiger charge is -2.04. The van der Waals surface area contributed by atoms with E-state index in [-0.39, 0.29) is 10.8 Å². The molecule has 8 heteroatoms. The van der Waals surface area contributed by atoms with Crippen LogP contribution in [0.1, 0.15) is 0 Å². The Morgan fingerprint density at radius 3 is 2.41 bits per heavy atom. The van der Waals surface area contributed by atoms with E-state index in [1.807, 2.05) is 0 Å². The maximum Gasteiger partial charge on any atom is 0.240 e. The first-order chi connectivity index (χ1) is 8.03. The highest BCUT2D eigenvalue weighted by molar-refractivity contribution is 7.89. The van der Waals surface area contributed by atoms with E-state index in [2.05, 4.69) is 14.8 Å². The maximum atomic E-state index is 11.5. The Bertz CT molecular complexity index is 617. The summed E-state index contributed by atoms with van der Waals surface area (Å²) < 4.78 is 26.7. The van der Waals surface area contributed by atoms with Crippen molar-refractivity contribution >= 4 is 16.0 Å². The number of hydrogen-bond acceptors (Lipinski definition) is 5. The number of sulfonamides is 1. The fourth-order valence-corrected chi connectivity index (χ4v) is 2.03. The van der Waals surface area contributed by atoms with Crippen molar-refractivity contribution in [3.8, 4) is 5.69 Å². The molecule has 0 aliphatic rings. The smallest absolute Gasteiger partial charge is 0.240 e. The van der Waals surface area contributed by atoms with Crippen LogP contribution in [-0.4, -0.2) is 30.2 Å². The van der Waals surface area contributed by atoms with Crippen LogP contribution in [0.4, 0.5) is 5.95 Å². The zero-order valence-electron chi connectivity index (χ0n) is 9.03. The molecular formula is C9H11N5O2S. The Kier molecular flexibility index (Phi) is 2.82. The number of nitrogen functional groups attached to an aromatic ring is 1. The molecular weight excluding hydrogens is 242 g/mol. The SMILES string of the molecule is CNS(=O)(=O)c1ccc(-n2cnc(N)n2)cc1. The minimum atomic E-state index is -3.41. The Morgan fingerprint density at radius 2 is 1.94 bits per heavy atom. The molecule has 1 heterocycles. The van der Waals surface area contributed by atoms with Crippen molar-refractivity contribution in [2.75, 3.05) is 12.8 Å². The van der Waals surface area contributed by atoms with E-state index < -0.39 is 10.0 Å². The standard InChI is InChI=1S/C9H11N5O2S/c1-11-17(15,16)8-4-2-7(3-5-8)14-6-12-9(10)13-14/h2-6,11H,1H3,(H2,10,13). The van der Waals surface area contributed by atoms with Crippen LogP contribution in [0, 0.1) is 0 Å². The van der Waals surface area contributed by atoms with Gasteiger partial charge in [0.2, 0.25) is 16.0 Å². The fourth-order valence-electron chi connectivity index (χ4n) is 1.30. The summed E-state index contributed by atoms with van der Waals surface area (Å²) in [4.78, 5) is 3.97. The summed E-state index contributed by atoms with van der Waals surface area (Å²) >= 11 is 0. The van der Waals surface area contributed by atoms with Gasteiger partial charge in [0.25, 0.3) is 0 Å². The van der Waals surface area contributed by atoms with Gasteiger partial charge in [0.05, 0.1) is 10.6 Å². The minimum Gasteiger partial charge on any atom is -0.366 e. The highest BCUT2D eigenvalue weighted by Crippen LogP contribution is 2.12. The summed E-state index contributed by atoms with van der Waals surface area (Å²) in [5.74, 6) is 0.164. The molecule has 0 amide bonds. The zero-order chi connectivity index (χ0) is 12.5. The summed E-state index contributed by atoms with van der Waals surface area (Å²) in [6.45, 7) is 0. The van der Waals surface area contributed by atoms with Crippen molar-refractivity contribution in [3.05, 3.63) is 30.6 Å². The number of nitrogens with one attached hydrogen (secondary N) is 1. The van der Waals surface area contributed by atoms with Crippen LogP contribution in [0.2, 0.25) is 0 Å². The van der Waals surface area contributed by atoms with Crippen LogP contribution < -0.4 is 10.5 Å². The van der Waals surface area contributed by atoms with Crippen LogP contribution in [0.3, 0.4) is 0 Å². The molecule has 0 spiro atoms. The van der Waals surface area contributed by atoms with Gasteiger partial charge in [-0.05, 0) is 31.3 Å². The summed E-state index contributed by atoms with van der Waals surface area (Å²) in [5.41, 5.74) is 6.07. The normalized spacial score (nSPS) is 11.6. The van der Waals surface area contributed by atoms with Crippen LogP contribution in [0.25, 0.3) is 5.69 Å². The largest absolute Gasteiger partial charge is 0.366 e. The second-order valence-electron chi connectivity index (χ2n) is 3.25. The zero-order valence-corrected chi connectivity index (χ0v) is 9.85. The van der Waals surface area contributed by atoms with Crippen LogP contribution in [0.15, 0.2) is 35.5 Å². The number of aromatic nitrogens is 3. The third-order valence-electron chi connectivity index (χ3n) is 2.19. The fraction of sp³-hybridized carbons (Fsp3) is 0.111. The molecule has 1 aromatic heterocycles. The second kappa shape index (κ2) is 4.15. The molecule has 3 N–H and O–H groups in total. The van der Waals surface area contributed by atoms with E-state index >= 15 is 0 Å². The molecule has 0 unspecified atom stereocenters. The van der Waals surface area contributed by atoms with E-state index in [1.54, 1.807) is 12.1 Å². The first-order valence-corrected chi connectivity index (χ1v) is 6.22. The number of nitrogens with zero attached hydrogens (tertiary/aromatic N) is 3. The topological polar surface area (TPSA) is 103 Å². The molecule has 2 aromatic rings. The summed E-state index contributed by atoms with van der Waals surface area (Å²) in [6.07, 6.45) is 1.46. The van der Waals surface area contributed by atoms with Gasteiger partial charge in [-0.15, -0.1) is 5.10 Å². The van der Waals surface area contributed by atoms with Gasteiger partial charge in [-0.2, -0.15) is 0 Å².